The fourth-order valence-corrected chi connectivity index (χ4v) is 1.35. The lowest BCUT2D eigenvalue weighted by Gasteiger charge is -2.19. The number of nitrogens with one attached hydrogen (secondary N) is 1. The smallest absolute Gasteiger partial charge is 0.269 e. The molecular weight excluding hydrogens is 232 g/mol. The van der Waals surface area contributed by atoms with Gasteiger partial charge in [0.2, 0.25) is 5.91 Å². The molecule has 0 saturated carbocycles. The number of carbonyl (C=O) groups excluding carboxylic acids is 1. The van der Waals surface area contributed by atoms with Gasteiger partial charge in [0.1, 0.15) is 0 Å². The summed E-state index contributed by atoms with van der Waals surface area (Å²) < 4.78 is 0. The molecule has 18 heavy (non-hydrogen) atoms. The molecule has 0 atom stereocenters. The van der Waals surface area contributed by atoms with Crippen LogP contribution < -0.4 is 5.32 Å². The lowest BCUT2D eigenvalue weighted by Crippen LogP contribution is -2.42. The summed E-state index contributed by atoms with van der Waals surface area (Å²) in [6.45, 7) is 3.45. The van der Waals surface area contributed by atoms with E-state index < -0.39 is 10.5 Å². The van der Waals surface area contributed by atoms with Crippen LogP contribution in [0.25, 0.3) is 0 Å². The standard InChI is InChI=1S/C13H14N2O3/c1-4-13(2,3)14-12(16)9-10-5-7-11(8-6-10)15(17)18/h1,5-8H,9H2,2-3H3,(H,14,16). The molecule has 0 heterocycles. The van der Waals surface area contributed by atoms with Crippen molar-refractivity contribution in [2.24, 2.45) is 0 Å². The Morgan fingerprint density at radius 2 is 2.00 bits per heavy atom. The van der Waals surface area contributed by atoms with Crippen molar-refractivity contribution in [2.45, 2.75) is 25.8 Å². The molecule has 1 rings (SSSR count). The van der Waals surface area contributed by atoms with Gasteiger partial charge in [-0.2, -0.15) is 0 Å². The monoisotopic (exact) mass is 246 g/mol. The van der Waals surface area contributed by atoms with E-state index in [0.717, 1.165) is 0 Å². The maximum Gasteiger partial charge on any atom is 0.269 e. The van der Waals surface area contributed by atoms with Gasteiger partial charge in [0.15, 0.2) is 0 Å². The number of rotatable bonds is 4. The summed E-state index contributed by atoms with van der Waals surface area (Å²) in [6.07, 6.45) is 5.40. The van der Waals surface area contributed by atoms with Crippen molar-refractivity contribution in [1.82, 2.24) is 5.32 Å². The Balaban J connectivity index is 2.66. The number of carbonyl (C=O) groups is 1. The summed E-state index contributed by atoms with van der Waals surface area (Å²) in [5.74, 6) is 2.24. The van der Waals surface area contributed by atoms with Crippen LogP contribution in [-0.4, -0.2) is 16.4 Å². The van der Waals surface area contributed by atoms with Crippen molar-refractivity contribution in [3.63, 3.8) is 0 Å². The topological polar surface area (TPSA) is 72.2 Å². The van der Waals surface area contributed by atoms with Crippen LogP contribution in [0, 0.1) is 22.5 Å². The van der Waals surface area contributed by atoms with E-state index in [-0.39, 0.29) is 18.0 Å². The van der Waals surface area contributed by atoms with Crippen LogP contribution in [0.3, 0.4) is 0 Å². The highest BCUT2D eigenvalue weighted by Gasteiger charge is 2.17. The van der Waals surface area contributed by atoms with E-state index in [1.807, 2.05) is 0 Å². The summed E-state index contributed by atoms with van der Waals surface area (Å²) >= 11 is 0. The van der Waals surface area contributed by atoms with Gasteiger partial charge in [0.05, 0.1) is 16.9 Å². The maximum atomic E-state index is 11.7. The first-order chi connectivity index (χ1) is 8.34. The Bertz CT molecular complexity index is 498. The Morgan fingerprint density at radius 3 is 2.44 bits per heavy atom. The molecule has 0 fully saturated rings. The number of terminal acetylenes is 1. The minimum atomic E-state index is -0.697. The second kappa shape index (κ2) is 5.32. The Labute approximate surface area is 105 Å². The molecule has 1 aromatic rings. The molecule has 0 saturated heterocycles. The third-order valence-corrected chi connectivity index (χ3v) is 2.32. The lowest BCUT2D eigenvalue weighted by atomic mass is 10.1. The second-order valence-electron chi connectivity index (χ2n) is 4.42. The number of non-ortho nitro benzene ring substituents is 1. The fourth-order valence-electron chi connectivity index (χ4n) is 1.35. The molecule has 0 aliphatic rings. The van der Waals surface area contributed by atoms with Crippen LogP contribution in [0.2, 0.25) is 0 Å². The van der Waals surface area contributed by atoms with Gasteiger partial charge < -0.3 is 5.32 Å². The molecular formula is C13H14N2O3. The van der Waals surface area contributed by atoms with Gasteiger partial charge in [0.25, 0.3) is 5.69 Å². The van der Waals surface area contributed by atoms with Gasteiger partial charge in [-0.15, -0.1) is 6.42 Å². The molecule has 0 spiro atoms. The zero-order chi connectivity index (χ0) is 13.8. The van der Waals surface area contributed by atoms with Crippen LogP contribution in [0.5, 0.6) is 0 Å². The van der Waals surface area contributed by atoms with Gasteiger partial charge in [-0.1, -0.05) is 18.1 Å². The molecule has 94 valence electrons. The van der Waals surface area contributed by atoms with Crippen molar-refractivity contribution >= 4 is 11.6 Å². The molecule has 1 amide bonds. The molecule has 0 bridgehead atoms. The summed E-state index contributed by atoms with van der Waals surface area (Å²) in [4.78, 5) is 21.6. The third kappa shape index (κ3) is 3.91. The molecule has 0 aliphatic carbocycles. The summed E-state index contributed by atoms with van der Waals surface area (Å²) in [6, 6.07) is 5.85. The zero-order valence-electron chi connectivity index (χ0n) is 10.3. The van der Waals surface area contributed by atoms with Gasteiger partial charge in [-0.3, -0.25) is 14.9 Å². The third-order valence-electron chi connectivity index (χ3n) is 2.32. The number of hydrogen-bond acceptors (Lipinski definition) is 3. The predicted molar refractivity (Wildman–Crippen MR) is 67.9 cm³/mol. The van der Waals surface area contributed by atoms with Gasteiger partial charge in [-0.25, -0.2) is 0 Å². The summed E-state index contributed by atoms with van der Waals surface area (Å²) in [5, 5.41) is 13.1. The van der Waals surface area contributed by atoms with Crippen molar-refractivity contribution in [3.8, 4) is 12.3 Å². The largest absolute Gasteiger partial charge is 0.340 e. The van der Waals surface area contributed by atoms with E-state index in [2.05, 4.69) is 11.2 Å². The van der Waals surface area contributed by atoms with Crippen molar-refractivity contribution < 1.29 is 9.72 Å². The van der Waals surface area contributed by atoms with Crippen molar-refractivity contribution in [3.05, 3.63) is 39.9 Å². The number of benzene rings is 1. The first-order valence-electron chi connectivity index (χ1n) is 5.36. The number of nitrogens with zero attached hydrogens (tertiary/aromatic N) is 1. The van der Waals surface area contributed by atoms with Crippen molar-refractivity contribution in [1.29, 1.82) is 0 Å². The first kappa shape index (κ1) is 13.7. The SMILES string of the molecule is C#CC(C)(C)NC(=O)Cc1ccc([N+](=O)[O-])cc1. The molecule has 0 radical (unpaired) electrons. The fraction of sp³-hybridized carbons (Fsp3) is 0.308. The molecule has 0 aliphatic heterocycles. The minimum absolute atomic E-state index is 0.00288. The highest BCUT2D eigenvalue weighted by molar-refractivity contribution is 5.79. The summed E-state index contributed by atoms with van der Waals surface area (Å²) in [7, 11) is 0. The zero-order valence-corrected chi connectivity index (χ0v) is 10.3. The van der Waals surface area contributed by atoms with Crippen molar-refractivity contribution in [2.75, 3.05) is 0 Å². The number of nitro groups is 1. The van der Waals surface area contributed by atoms with E-state index in [1.54, 1.807) is 26.0 Å². The molecule has 1 aromatic carbocycles. The molecule has 5 heteroatoms. The minimum Gasteiger partial charge on any atom is -0.340 e. The second-order valence-corrected chi connectivity index (χ2v) is 4.42. The summed E-state index contributed by atoms with van der Waals surface area (Å²) in [5.41, 5.74) is 0.00624. The maximum absolute atomic E-state index is 11.7. The van der Waals surface area contributed by atoms with Crippen LogP contribution in [0.15, 0.2) is 24.3 Å². The highest BCUT2D eigenvalue weighted by Crippen LogP contribution is 2.12. The van der Waals surface area contributed by atoms with E-state index >= 15 is 0 Å². The number of nitro benzene ring substituents is 1. The van der Waals surface area contributed by atoms with Gasteiger partial charge in [0, 0.05) is 12.1 Å². The van der Waals surface area contributed by atoms with Crippen LogP contribution in [0.1, 0.15) is 19.4 Å². The Hall–Kier alpha value is -2.35. The Kier molecular flexibility index (Phi) is 4.05. The van der Waals surface area contributed by atoms with Gasteiger partial charge in [-0.05, 0) is 19.4 Å². The van der Waals surface area contributed by atoms with E-state index in [9.17, 15) is 14.9 Å². The predicted octanol–water partition coefficient (Wildman–Crippen LogP) is 1.67. The first-order valence-corrected chi connectivity index (χ1v) is 5.36. The molecule has 5 nitrogen and oxygen atoms in total. The normalized spacial score (nSPS) is 10.5. The highest BCUT2D eigenvalue weighted by atomic mass is 16.6. The molecule has 1 N–H and O–H groups in total. The van der Waals surface area contributed by atoms with Crippen LogP contribution >= 0.6 is 0 Å². The number of hydrogen-bond donors (Lipinski definition) is 1. The van der Waals surface area contributed by atoms with Crippen LogP contribution in [-0.2, 0) is 11.2 Å². The average molecular weight is 246 g/mol. The van der Waals surface area contributed by atoms with E-state index in [0.29, 0.717) is 5.56 Å². The van der Waals surface area contributed by atoms with E-state index in [1.165, 1.54) is 12.1 Å². The Morgan fingerprint density at radius 1 is 1.44 bits per heavy atom. The van der Waals surface area contributed by atoms with Crippen LogP contribution in [0.4, 0.5) is 5.69 Å². The molecule has 0 aromatic heterocycles. The lowest BCUT2D eigenvalue weighted by molar-refractivity contribution is -0.384. The molecule has 0 unspecified atom stereocenters. The van der Waals surface area contributed by atoms with E-state index in [4.69, 9.17) is 6.42 Å². The quantitative estimate of drug-likeness (QED) is 0.499. The van der Waals surface area contributed by atoms with Gasteiger partial charge >= 0.3 is 0 Å². The average Bonchev–Trinajstić information content (AvgIpc) is 2.29. The number of amides is 1.